The second-order valence-corrected chi connectivity index (χ2v) is 12.8. The van der Waals surface area contributed by atoms with E-state index >= 15 is 0 Å². The summed E-state index contributed by atoms with van der Waals surface area (Å²) in [5, 5.41) is 0. The van der Waals surface area contributed by atoms with Crippen molar-refractivity contribution in [3.8, 4) is 0 Å². The lowest BCUT2D eigenvalue weighted by Crippen LogP contribution is -2.48. The van der Waals surface area contributed by atoms with E-state index < -0.39 is 8.07 Å². The number of hydrogen-bond donors (Lipinski definition) is 0. The summed E-state index contributed by atoms with van der Waals surface area (Å²) in [6, 6.07) is 0. The van der Waals surface area contributed by atoms with E-state index in [1.165, 1.54) is 47.3 Å². The van der Waals surface area contributed by atoms with Crippen molar-refractivity contribution in [2.45, 2.75) is 13.1 Å². The van der Waals surface area contributed by atoms with Gasteiger partial charge >= 0.3 is 0 Å². The van der Waals surface area contributed by atoms with E-state index in [0.717, 1.165) is 0 Å². The van der Waals surface area contributed by atoms with Gasteiger partial charge in [0.25, 0.3) is 0 Å². The Hall–Kier alpha value is -1.86. The van der Waals surface area contributed by atoms with E-state index in [1.807, 2.05) is 0 Å². The molecule has 2 fully saturated rings. The highest BCUT2D eigenvalue weighted by atomic mass is 28.3. The molecule has 0 aromatic heterocycles. The summed E-state index contributed by atoms with van der Waals surface area (Å²) in [7, 11) is -2.01. The van der Waals surface area contributed by atoms with Crippen LogP contribution in [0.4, 0.5) is 0 Å². The number of allylic oxidation sites excluding steroid dienone is 16. The third-order valence-electron chi connectivity index (χ3n) is 6.62. The van der Waals surface area contributed by atoms with Gasteiger partial charge in [0.15, 0.2) is 0 Å². The summed E-state index contributed by atoms with van der Waals surface area (Å²) in [6.07, 6.45) is 35.9. The van der Waals surface area contributed by atoms with Crippen molar-refractivity contribution in [3.63, 3.8) is 0 Å². The van der Waals surface area contributed by atoms with Gasteiger partial charge in [-0.05, 0) is 11.1 Å². The molecule has 6 aliphatic carbocycles. The van der Waals surface area contributed by atoms with E-state index in [4.69, 9.17) is 0 Å². The first-order chi connectivity index (χ1) is 14.2. The molecular weight excluding hydrogens is 364 g/mol. The van der Waals surface area contributed by atoms with Crippen LogP contribution >= 0.6 is 0 Å². The van der Waals surface area contributed by atoms with Gasteiger partial charge in [0.1, 0.15) is 0 Å². The van der Waals surface area contributed by atoms with E-state index in [1.54, 1.807) is 11.1 Å². The fourth-order valence-corrected chi connectivity index (χ4v) is 9.32. The smallest absolute Gasteiger partial charge is 0.0651 e. The average Bonchev–Trinajstić information content (AvgIpc) is 3.28. The third-order valence-corrected chi connectivity index (χ3v) is 10.2. The fraction of sp³-hybridized carbons (Fsp3) is 0.0714. The lowest BCUT2D eigenvalue weighted by molar-refractivity contribution is 1.10. The molecule has 6 aliphatic rings. The summed E-state index contributed by atoms with van der Waals surface area (Å²) >= 11 is 0. The van der Waals surface area contributed by atoms with Gasteiger partial charge in [0, 0.05) is 47.3 Å². The fourth-order valence-electron chi connectivity index (χ4n) is 5.51. The largest absolute Gasteiger partial charge is 0.0762 e. The standard InChI is InChI=1S/C28H22Si/c1-29(2,27-23-15-7-3-11-19(23)20-12-4-8-16-24(20)27)28-25-17-9-5-13-21(25)22-14-6-10-18-26(22)28/h3-18H,1-2H3. The predicted molar refractivity (Wildman–Crippen MR) is 123 cm³/mol. The van der Waals surface area contributed by atoms with Crippen molar-refractivity contribution < 1.29 is 0 Å². The molecule has 0 aliphatic heterocycles. The van der Waals surface area contributed by atoms with Crippen LogP contribution in [-0.4, -0.2) is 8.07 Å². The molecule has 6 rings (SSSR count). The maximum Gasteiger partial charge on any atom is 0.0651 e. The van der Waals surface area contributed by atoms with Crippen LogP contribution in [0.2, 0.25) is 13.1 Å². The molecule has 29 heavy (non-hydrogen) atoms. The predicted octanol–water partition coefficient (Wildman–Crippen LogP) is 6.05. The molecule has 0 amide bonds. The van der Waals surface area contributed by atoms with Crippen LogP contribution < -0.4 is 0 Å². The summed E-state index contributed by atoms with van der Waals surface area (Å²) in [5.74, 6) is 11.3. The third kappa shape index (κ3) is 2.49. The highest BCUT2D eigenvalue weighted by Crippen LogP contribution is 2.67. The van der Waals surface area contributed by atoms with Gasteiger partial charge in [0.2, 0.25) is 0 Å². The van der Waals surface area contributed by atoms with Gasteiger partial charge in [-0.1, -0.05) is 110 Å². The molecule has 0 bridgehead atoms. The first kappa shape index (κ1) is 17.9. The maximum atomic E-state index is 2.54. The first-order valence-electron chi connectivity index (χ1n) is 10.3. The Morgan fingerprint density at radius 2 is 0.552 bits per heavy atom. The second kappa shape index (κ2) is 6.57. The number of hydrogen-bond acceptors (Lipinski definition) is 0. The maximum absolute atomic E-state index is 2.54. The van der Waals surface area contributed by atoms with E-state index in [9.17, 15) is 0 Å². The number of rotatable bonds is 2. The summed E-state index contributed by atoms with van der Waals surface area (Å²) in [6.45, 7) is 5.07. The number of fused-ring (bicyclic) bond motifs is 6. The molecular formula is C28H22Si. The van der Waals surface area contributed by atoms with Gasteiger partial charge in [-0.15, -0.1) is 0 Å². The normalized spacial score (nSPS) is 29.3. The Kier molecular flexibility index (Phi) is 4.07. The van der Waals surface area contributed by atoms with E-state index in [-0.39, 0.29) is 0 Å². The van der Waals surface area contributed by atoms with Gasteiger partial charge in [-0.3, -0.25) is 0 Å². The topological polar surface area (TPSA) is 0 Å². The highest BCUT2D eigenvalue weighted by molar-refractivity contribution is 6.91. The van der Waals surface area contributed by atoms with Crippen LogP contribution in [0.15, 0.2) is 97.2 Å². The quantitative estimate of drug-likeness (QED) is 0.507. The van der Waals surface area contributed by atoms with Crippen molar-refractivity contribution in [1.29, 1.82) is 0 Å². The molecule has 0 atom stereocenters. The molecule has 0 aromatic rings. The Balaban J connectivity index is 1.44. The Bertz CT molecular complexity index is 778. The minimum atomic E-state index is -2.01. The second-order valence-electron chi connectivity index (χ2n) is 8.56. The zero-order chi connectivity index (χ0) is 19.6. The molecule has 0 heterocycles. The summed E-state index contributed by atoms with van der Waals surface area (Å²) in [4.78, 5) is 0. The molecule has 0 nitrogen and oxygen atoms in total. The molecule has 0 spiro atoms. The van der Waals surface area contributed by atoms with Crippen LogP contribution in [0, 0.1) is 58.4 Å². The summed E-state index contributed by atoms with van der Waals surface area (Å²) in [5.41, 5.74) is 3.15. The zero-order valence-corrected chi connectivity index (χ0v) is 17.7. The lowest BCUT2D eigenvalue weighted by Gasteiger charge is -2.44. The van der Waals surface area contributed by atoms with Crippen LogP contribution in [0.3, 0.4) is 0 Å². The van der Waals surface area contributed by atoms with Crippen LogP contribution in [0.25, 0.3) is 0 Å². The van der Waals surface area contributed by atoms with Crippen LogP contribution in [-0.2, 0) is 0 Å². The van der Waals surface area contributed by atoms with Gasteiger partial charge in [0.05, 0.1) is 8.07 Å². The zero-order valence-electron chi connectivity index (χ0n) is 16.7. The first-order valence-corrected chi connectivity index (χ1v) is 13.3. The minimum Gasteiger partial charge on any atom is -0.0762 e. The molecule has 0 unspecified atom stereocenters. The van der Waals surface area contributed by atoms with Crippen molar-refractivity contribution in [2.24, 2.45) is 0 Å². The van der Waals surface area contributed by atoms with E-state index in [0.29, 0.717) is 0 Å². The average molecular weight is 387 g/mol. The molecule has 0 saturated heterocycles. The van der Waals surface area contributed by atoms with Crippen LogP contribution in [0.5, 0.6) is 0 Å². The molecule has 0 N–H and O–H groups in total. The Morgan fingerprint density at radius 3 is 0.793 bits per heavy atom. The van der Waals surface area contributed by atoms with Crippen molar-refractivity contribution in [3.05, 3.63) is 156 Å². The monoisotopic (exact) mass is 386 g/mol. The highest BCUT2D eigenvalue weighted by Gasteiger charge is 2.63. The lowest BCUT2D eigenvalue weighted by atomic mass is 9.83. The SMILES string of the molecule is C[Si](C)([C]1[C]2C=CC=C[C]2[C]2C=CC=C[C]21)[C]1[C]2C=CC=C[C]2[C]2C=CC=C[C]21. The van der Waals surface area contributed by atoms with Gasteiger partial charge < -0.3 is 0 Å². The summed E-state index contributed by atoms with van der Waals surface area (Å²) < 4.78 is 0. The van der Waals surface area contributed by atoms with E-state index in [2.05, 4.69) is 110 Å². The Labute approximate surface area is 176 Å². The van der Waals surface area contributed by atoms with Crippen molar-refractivity contribution in [2.75, 3.05) is 0 Å². The molecule has 0 aromatic carbocycles. The van der Waals surface area contributed by atoms with Gasteiger partial charge in [-0.2, -0.15) is 0 Å². The molecule has 138 valence electrons. The molecule has 10 radical (unpaired) electrons. The minimum absolute atomic E-state index is 1.39. The molecule has 2 saturated carbocycles. The van der Waals surface area contributed by atoms with Crippen molar-refractivity contribution in [1.82, 2.24) is 0 Å². The van der Waals surface area contributed by atoms with Gasteiger partial charge in [-0.25, -0.2) is 0 Å². The Morgan fingerprint density at radius 1 is 0.345 bits per heavy atom. The van der Waals surface area contributed by atoms with Crippen molar-refractivity contribution >= 4 is 8.07 Å². The van der Waals surface area contributed by atoms with Crippen LogP contribution in [0.1, 0.15) is 0 Å². The molecule has 1 heteroatoms.